The standard InChI is InChI=1S/C22H24Cl2N4O6/c1-12(2)8-18(26-21(30)13(3)34-20-7-4-15(23)10-17(20)24)22(31)27-25-11-14-9-16(28(32)33)5-6-19(14)29/h4-7,9-13,18,29H,8H2,1-3H3,(H,26,30)(H,27,31)/b25-11-/t13-,18+/m0/s1. The van der Waals surface area contributed by atoms with Crippen LogP contribution >= 0.6 is 23.2 Å². The van der Waals surface area contributed by atoms with Gasteiger partial charge in [-0.1, -0.05) is 37.0 Å². The molecule has 2 rings (SSSR count). The van der Waals surface area contributed by atoms with Crippen molar-refractivity contribution in [3.63, 3.8) is 0 Å². The van der Waals surface area contributed by atoms with Crippen LogP contribution in [0, 0.1) is 16.0 Å². The molecule has 0 spiro atoms. The van der Waals surface area contributed by atoms with Gasteiger partial charge in [0, 0.05) is 22.7 Å². The van der Waals surface area contributed by atoms with Gasteiger partial charge in [-0.2, -0.15) is 5.10 Å². The summed E-state index contributed by atoms with van der Waals surface area (Å²) in [6, 6.07) is 7.05. The SMILES string of the molecule is CC(C)C[C@@H](NC(=O)[C@H](C)Oc1ccc(Cl)cc1Cl)C(=O)N/N=C\c1cc([N+](=O)[O-])ccc1O. The molecule has 0 saturated carbocycles. The molecule has 2 aromatic rings. The molecule has 0 heterocycles. The number of halogens is 2. The van der Waals surface area contributed by atoms with E-state index in [2.05, 4.69) is 15.8 Å². The minimum atomic E-state index is -0.966. The zero-order valence-electron chi connectivity index (χ0n) is 18.6. The van der Waals surface area contributed by atoms with Crippen LogP contribution < -0.4 is 15.5 Å². The van der Waals surface area contributed by atoms with E-state index in [4.69, 9.17) is 27.9 Å². The molecule has 2 atom stereocenters. The number of nitrogens with one attached hydrogen (secondary N) is 2. The Morgan fingerprint density at radius 3 is 2.50 bits per heavy atom. The number of amides is 2. The van der Waals surface area contributed by atoms with Gasteiger partial charge in [0.25, 0.3) is 17.5 Å². The van der Waals surface area contributed by atoms with Gasteiger partial charge in [0.2, 0.25) is 0 Å². The van der Waals surface area contributed by atoms with E-state index in [0.29, 0.717) is 11.4 Å². The van der Waals surface area contributed by atoms with E-state index in [1.165, 1.54) is 19.1 Å². The number of carbonyl (C=O) groups is 2. The summed E-state index contributed by atoms with van der Waals surface area (Å²) in [7, 11) is 0. The number of non-ortho nitro benzene ring substituents is 1. The molecule has 34 heavy (non-hydrogen) atoms. The quantitative estimate of drug-likeness (QED) is 0.249. The van der Waals surface area contributed by atoms with Crippen LogP contribution in [0.4, 0.5) is 5.69 Å². The fourth-order valence-electron chi connectivity index (χ4n) is 2.81. The van der Waals surface area contributed by atoms with Gasteiger partial charge >= 0.3 is 0 Å². The average Bonchev–Trinajstić information content (AvgIpc) is 2.75. The zero-order chi connectivity index (χ0) is 25.4. The number of phenols is 1. The highest BCUT2D eigenvalue weighted by Gasteiger charge is 2.25. The van der Waals surface area contributed by atoms with E-state index >= 15 is 0 Å². The average molecular weight is 511 g/mol. The molecule has 0 radical (unpaired) electrons. The summed E-state index contributed by atoms with van der Waals surface area (Å²) in [5, 5.41) is 27.8. The molecule has 0 aliphatic heterocycles. The molecule has 2 amide bonds. The first-order valence-electron chi connectivity index (χ1n) is 10.2. The highest BCUT2D eigenvalue weighted by molar-refractivity contribution is 6.35. The number of hydrogen-bond acceptors (Lipinski definition) is 7. The van der Waals surface area contributed by atoms with Crippen LogP contribution in [0.15, 0.2) is 41.5 Å². The zero-order valence-corrected chi connectivity index (χ0v) is 20.1. The number of benzene rings is 2. The fourth-order valence-corrected chi connectivity index (χ4v) is 3.26. The third-order valence-corrected chi connectivity index (χ3v) is 5.04. The Morgan fingerprint density at radius 1 is 1.18 bits per heavy atom. The van der Waals surface area contributed by atoms with E-state index < -0.39 is 28.9 Å². The largest absolute Gasteiger partial charge is 0.507 e. The molecule has 12 heteroatoms. The van der Waals surface area contributed by atoms with Crippen LogP contribution in [0.2, 0.25) is 10.0 Å². The van der Waals surface area contributed by atoms with Crippen LogP contribution in [0.25, 0.3) is 0 Å². The summed E-state index contributed by atoms with van der Waals surface area (Å²) in [6.45, 7) is 5.27. The molecule has 0 saturated heterocycles. The second kappa shape index (κ2) is 12.2. The molecule has 0 aliphatic carbocycles. The third kappa shape index (κ3) is 7.89. The number of phenolic OH excluding ortho intramolecular Hbond substituents is 1. The number of nitrogens with zero attached hydrogens (tertiary/aromatic N) is 2. The normalized spacial score (nSPS) is 12.9. The van der Waals surface area contributed by atoms with Crippen LogP contribution in [0.1, 0.15) is 32.8 Å². The lowest BCUT2D eigenvalue weighted by atomic mass is 10.0. The number of nitro benzene ring substituents is 1. The summed E-state index contributed by atoms with van der Waals surface area (Å²) in [6.07, 6.45) is 0.415. The highest BCUT2D eigenvalue weighted by atomic mass is 35.5. The highest BCUT2D eigenvalue weighted by Crippen LogP contribution is 2.28. The lowest BCUT2D eigenvalue weighted by Gasteiger charge is -2.22. The topological polar surface area (TPSA) is 143 Å². The number of hydrazone groups is 1. The van der Waals surface area contributed by atoms with Gasteiger partial charge in [0.05, 0.1) is 16.2 Å². The molecule has 2 aromatic carbocycles. The lowest BCUT2D eigenvalue weighted by molar-refractivity contribution is -0.384. The molecule has 0 aromatic heterocycles. The summed E-state index contributed by atoms with van der Waals surface area (Å²) < 4.78 is 5.58. The Hall–Kier alpha value is -3.37. The van der Waals surface area contributed by atoms with E-state index in [-0.39, 0.29) is 33.7 Å². The van der Waals surface area contributed by atoms with Gasteiger partial charge in [-0.15, -0.1) is 0 Å². The van der Waals surface area contributed by atoms with Crippen LogP contribution in [-0.4, -0.2) is 40.2 Å². The van der Waals surface area contributed by atoms with E-state index in [0.717, 1.165) is 24.4 Å². The van der Waals surface area contributed by atoms with Crippen molar-refractivity contribution in [3.8, 4) is 11.5 Å². The predicted molar refractivity (Wildman–Crippen MR) is 128 cm³/mol. The first-order chi connectivity index (χ1) is 16.0. The monoisotopic (exact) mass is 510 g/mol. The molecular weight excluding hydrogens is 487 g/mol. The molecule has 0 bridgehead atoms. The van der Waals surface area contributed by atoms with Gasteiger partial charge < -0.3 is 15.2 Å². The summed E-state index contributed by atoms with van der Waals surface area (Å²) in [4.78, 5) is 35.6. The van der Waals surface area contributed by atoms with Crippen molar-refractivity contribution in [2.24, 2.45) is 11.0 Å². The maximum Gasteiger partial charge on any atom is 0.270 e. The predicted octanol–water partition coefficient (Wildman–Crippen LogP) is 4.06. The number of rotatable bonds is 10. The number of hydrogen-bond donors (Lipinski definition) is 3. The van der Waals surface area contributed by atoms with E-state index in [9.17, 15) is 24.8 Å². The fraction of sp³-hybridized carbons (Fsp3) is 0.318. The van der Waals surface area contributed by atoms with E-state index in [1.807, 2.05) is 13.8 Å². The molecule has 0 fully saturated rings. The number of ether oxygens (including phenoxy) is 1. The minimum Gasteiger partial charge on any atom is -0.507 e. The van der Waals surface area contributed by atoms with Crippen molar-refractivity contribution >= 4 is 46.9 Å². The smallest absolute Gasteiger partial charge is 0.270 e. The molecule has 10 nitrogen and oxygen atoms in total. The maximum atomic E-state index is 12.7. The Kier molecular flexibility index (Phi) is 9.64. The van der Waals surface area contributed by atoms with Gasteiger partial charge in [0.15, 0.2) is 6.10 Å². The Balaban J connectivity index is 2.05. The van der Waals surface area contributed by atoms with Gasteiger partial charge in [-0.25, -0.2) is 5.43 Å². The minimum absolute atomic E-state index is 0.0424. The first-order valence-corrected chi connectivity index (χ1v) is 11.0. The molecule has 0 unspecified atom stereocenters. The van der Waals surface area contributed by atoms with Gasteiger partial charge in [-0.05, 0) is 43.5 Å². The maximum absolute atomic E-state index is 12.7. The third-order valence-electron chi connectivity index (χ3n) is 4.51. The van der Waals surface area contributed by atoms with Gasteiger partial charge in [0.1, 0.15) is 17.5 Å². The molecule has 0 aliphatic rings. The second-order valence-corrected chi connectivity index (χ2v) is 8.60. The van der Waals surface area contributed by atoms with Crippen molar-refractivity contribution < 1.29 is 24.4 Å². The van der Waals surface area contributed by atoms with Crippen molar-refractivity contribution in [1.29, 1.82) is 0 Å². The van der Waals surface area contributed by atoms with Crippen molar-refractivity contribution in [2.75, 3.05) is 0 Å². The van der Waals surface area contributed by atoms with Crippen molar-refractivity contribution in [3.05, 3.63) is 62.1 Å². The number of carbonyl (C=O) groups excluding carboxylic acids is 2. The molecule has 182 valence electrons. The first kappa shape index (κ1) is 26.9. The van der Waals surface area contributed by atoms with Crippen molar-refractivity contribution in [1.82, 2.24) is 10.7 Å². The summed E-state index contributed by atoms with van der Waals surface area (Å²) in [5.41, 5.74) is 2.08. The van der Waals surface area contributed by atoms with Crippen molar-refractivity contribution in [2.45, 2.75) is 39.3 Å². The van der Waals surface area contributed by atoms with E-state index in [1.54, 1.807) is 6.07 Å². The van der Waals surface area contributed by atoms with Gasteiger partial charge in [-0.3, -0.25) is 19.7 Å². The summed E-state index contributed by atoms with van der Waals surface area (Å²) >= 11 is 11.9. The van der Waals surface area contributed by atoms with Crippen LogP contribution in [0.5, 0.6) is 11.5 Å². The summed E-state index contributed by atoms with van der Waals surface area (Å²) in [5.74, 6) is -1.09. The molecular formula is C22H24Cl2N4O6. The second-order valence-electron chi connectivity index (χ2n) is 7.76. The lowest BCUT2D eigenvalue weighted by Crippen LogP contribution is -2.49. The van der Waals surface area contributed by atoms with Crippen LogP contribution in [0.3, 0.4) is 0 Å². The number of nitro groups is 1. The Labute approximate surface area is 206 Å². The Bertz CT molecular complexity index is 1090. The Morgan fingerprint density at radius 2 is 1.88 bits per heavy atom. The molecule has 3 N–H and O–H groups in total. The number of aromatic hydroxyl groups is 1. The van der Waals surface area contributed by atoms with Crippen LogP contribution in [-0.2, 0) is 9.59 Å².